The number of allylic oxidation sites excluding steroid dienone is 1. The summed E-state index contributed by atoms with van der Waals surface area (Å²) in [5.41, 5.74) is 6.52. The second kappa shape index (κ2) is 9.36. The third kappa shape index (κ3) is 4.52. The smallest absolute Gasteiger partial charge is 0.227 e. The first kappa shape index (κ1) is 20.5. The predicted octanol–water partition coefficient (Wildman–Crippen LogP) is 2.94. The molecule has 2 aromatic rings. The van der Waals surface area contributed by atoms with E-state index in [2.05, 4.69) is 51.1 Å². The quantitative estimate of drug-likeness (QED) is 0.452. The van der Waals surface area contributed by atoms with Crippen molar-refractivity contribution in [1.82, 2.24) is 25.5 Å². The number of piperazine rings is 1. The van der Waals surface area contributed by atoms with Gasteiger partial charge in [0.05, 0.1) is 17.1 Å². The summed E-state index contributed by atoms with van der Waals surface area (Å²) in [5, 5.41) is 17.9. The number of nitrogens with zero attached hydrogens (tertiary/aromatic N) is 3. The van der Waals surface area contributed by atoms with Crippen molar-refractivity contribution in [2.75, 3.05) is 39.0 Å². The van der Waals surface area contributed by atoms with E-state index in [1.165, 1.54) is 36.6 Å². The Kier molecular flexibility index (Phi) is 6.40. The van der Waals surface area contributed by atoms with Crippen molar-refractivity contribution >= 4 is 12.2 Å². The lowest BCUT2D eigenvalue weighted by molar-refractivity contribution is 0.322. The van der Waals surface area contributed by atoms with Crippen molar-refractivity contribution in [2.24, 2.45) is 0 Å². The second-order valence-electron chi connectivity index (χ2n) is 8.09. The van der Waals surface area contributed by atoms with E-state index in [1.807, 2.05) is 13.1 Å². The molecule has 0 radical (unpaired) electrons. The van der Waals surface area contributed by atoms with Crippen molar-refractivity contribution in [3.8, 4) is 11.3 Å². The minimum absolute atomic E-state index is 0.432. The fourth-order valence-corrected chi connectivity index (χ4v) is 4.32. The molecule has 7 nitrogen and oxygen atoms in total. The normalized spacial score (nSPS) is 21.2. The van der Waals surface area contributed by atoms with E-state index in [-0.39, 0.29) is 0 Å². The van der Waals surface area contributed by atoms with E-state index in [0.29, 0.717) is 17.7 Å². The van der Waals surface area contributed by atoms with Crippen molar-refractivity contribution in [1.29, 1.82) is 5.41 Å². The van der Waals surface area contributed by atoms with Gasteiger partial charge in [0.1, 0.15) is 0 Å². The summed E-state index contributed by atoms with van der Waals surface area (Å²) in [6.07, 6.45) is 7.89. The summed E-state index contributed by atoms with van der Waals surface area (Å²) in [4.78, 5) is 11.3. The minimum atomic E-state index is 0.432. The van der Waals surface area contributed by atoms with E-state index in [1.54, 1.807) is 6.20 Å². The monoisotopic (exact) mass is 405 g/mol. The lowest BCUT2D eigenvalue weighted by Crippen LogP contribution is -2.41. The third-order valence-electron chi connectivity index (χ3n) is 5.98. The molecule has 1 fully saturated rings. The average molecular weight is 406 g/mol. The topological polar surface area (TPSA) is 89.0 Å². The summed E-state index contributed by atoms with van der Waals surface area (Å²) < 4.78 is 0. The van der Waals surface area contributed by atoms with E-state index < -0.39 is 0 Å². The molecule has 30 heavy (non-hydrogen) atoms. The molecule has 1 unspecified atom stereocenters. The summed E-state index contributed by atoms with van der Waals surface area (Å²) >= 11 is 0. The number of aromatic nitrogens is 2. The van der Waals surface area contributed by atoms with Gasteiger partial charge < -0.3 is 21.4 Å². The molecule has 2 aliphatic rings. The molecule has 1 aliphatic carbocycles. The number of anilines is 1. The van der Waals surface area contributed by atoms with Gasteiger partial charge in [0, 0.05) is 43.7 Å². The van der Waals surface area contributed by atoms with Crippen LogP contribution in [0.25, 0.3) is 11.3 Å². The van der Waals surface area contributed by atoms with Crippen LogP contribution in [-0.2, 0) is 6.42 Å². The highest BCUT2D eigenvalue weighted by Gasteiger charge is 2.18. The molecule has 7 heteroatoms. The number of fused-ring (bicyclic) bond motifs is 1. The van der Waals surface area contributed by atoms with Crippen LogP contribution in [0.3, 0.4) is 0 Å². The molecule has 0 saturated carbocycles. The molecule has 0 bridgehead atoms. The highest BCUT2D eigenvalue weighted by Crippen LogP contribution is 2.31. The molecule has 1 aliphatic heterocycles. The minimum Gasteiger partial charge on any atom is -0.384 e. The lowest BCUT2D eigenvalue weighted by Gasteiger charge is -2.27. The van der Waals surface area contributed by atoms with E-state index in [0.717, 1.165) is 43.0 Å². The summed E-state index contributed by atoms with van der Waals surface area (Å²) in [6, 6.07) is 9.07. The van der Waals surface area contributed by atoms with Crippen LogP contribution >= 0.6 is 0 Å². The Balaban J connectivity index is 1.60. The van der Waals surface area contributed by atoms with Gasteiger partial charge in [-0.05, 0) is 56.6 Å². The first-order valence-electron chi connectivity index (χ1n) is 10.7. The van der Waals surface area contributed by atoms with E-state index in [4.69, 9.17) is 10.4 Å². The van der Waals surface area contributed by atoms with Gasteiger partial charge in [0.2, 0.25) is 5.95 Å². The van der Waals surface area contributed by atoms with Crippen LogP contribution in [-0.4, -0.2) is 54.8 Å². The maximum Gasteiger partial charge on any atom is 0.227 e. The zero-order chi connectivity index (χ0) is 20.9. The van der Waals surface area contributed by atoms with Crippen LogP contribution in [0.2, 0.25) is 0 Å². The number of aryl methyl sites for hydroxylation is 1. The van der Waals surface area contributed by atoms with Gasteiger partial charge in [-0.1, -0.05) is 18.6 Å². The van der Waals surface area contributed by atoms with E-state index >= 15 is 0 Å². The molecule has 0 spiro atoms. The zero-order valence-corrected chi connectivity index (χ0v) is 17.8. The lowest BCUT2D eigenvalue weighted by atomic mass is 9.96. The SMILES string of the molecule is CNC1CCCCc2cc(-c3ccnc(N/C(C=N)=C4\CN(C)CCN4)n3)ccc21. The molecule has 0 amide bonds. The molecular weight excluding hydrogens is 374 g/mol. The van der Waals surface area contributed by atoms with Gasteiger partial charge in [0.25, 0.3) is 0 Å². The largest absolute Gasteiger partial charge is 0.384 e. The van der Waals surface area contributed by atoms with E-state index in [9.17, 15) is 0 Å². The standard InChI is InChI=1S/C23H31N7/c1-25-20-6-4-3-5-16-13-17(7-8-18(16)20)19-9-10-27-23(28-19)29-21(14-24)22-15-30(2)12-11-26-22/h7-10,13-14,20,24-26H,3-6,11-12,15H2,1-2H3,(H,27,28,29)/b22-21+,24-14?. The summed E-state index contributed by atoms with van der Waals surface area (Å²) in [5.74, 6) is 0.511. The number of hydrogen-bond donors (Lipinski definition) is 4. The molecule has 4 rings (SSSR count). The van der Waals surface area contributed by atoms with Crippen LogP contribution in [0, 0.1) is 5.41 Å². The van der Waals surface area contributed by atoms with Gasteiger partial charge in [-0.2, -0.15) is 0 Å². The summed E-state index contributed by atoms with van der Waals surface area (Å²) in [6.45, 7) is 2.64. The first-order chi connectivity index (χ1) is 14.7. The van der Waals surface area contributed by atoms with Gasteiger partial charge in [0.15, 0.2) is 0 Å². The van der Waals surface area contributed by atoms with Crippen molar-refractivity contribution in [3.05, 3.63) is 53.0 Å². The summed E-state index contributed by atoms with van der Waals surface area (Å²) in [7, 11) is 4.13. The molecule has 2 heterocycles. The second-order valence-corrected chi connectivity index (χ2v) is 8.09. The van der Waals surface area contributed by atoms with Crippen LogP contribution in [0.1, 0.15) is 36.4 Å². The molecule has 1 aromatic heterocycles. The number of hydrogen-bond acceptors (Lipinski definition) is 7. The molecule has 158 valence electrons. The van der Waals surface area contributed by atoms with Crippen LogP contribution in [0.15, 0.2) is 41.9 Å². The number of rotatable bonds is 5. The fraction of sp³-hybridized carbons (Fsp3) is 0.435. The molecular formula is C23H31N7. The molecule has 1 atom stereocenters. The van der Waals surface area contributed by atoms with Gasteiger partial charge >= 0.3 is 0 Å². The highest BCUT2D eigenvalue weighted by molar-refractivity contribution is 5.81. The zero-order valence-electron chi connectivity index (χ0n) is 17.8. The van der Waals surface area contributed by atoms with Gasteiger partial charge in [-0.3, -0.25) is 4.90 Å². The van der Waals surface area contributed by atoms with Crippen LogP contribution in [0.4, 0.5) is 5.95 Å². The molecule has 1 saturated heterocycles. The Morgan fingerprint density at radius 3 is 3.00 bits per heavy atom. The highest BCUT2D eigenvalue weighted by atomic mass is 15.2. The number of benzene rings is 1. The Morgan fingerprint density at radius 2 is 2.20 bits per heavy atom. The van der Waals surface area contributed by atoms with Crippen LogP contribution < -0.4 is 16.0 Å². The average Bonchev–Trinajstić information content (AvgIpc) is 2.99. The Morgan fingerprint density at radius 1 is 1.30 bits per heavy atom. The Hall–Kier alpha value is -2.77. The fourth-order valence-electron chi connectivity index (χ4n) is 4.32. The van der Waals surface area contributed by atoms with Gasteiger partial charge in [-0.15, -0.1) is 0 Å². The molecule has 4 N–H and O–H groups in total. The van der Waals surface area contributed by atoms with Crippen LogP contribution in [0.5, 0.6) is 0 Å². The molecule has 1 aromatic carbocycles. The first-order valence-corrected chi connectivity index (χ1v) is 10.7. The number of likely N-dealkylation sites (N-methyl/N-ethyl adjacent to an activating group) is 1. The van der Waals surface area contributed by atoms with Crippen molar-refractivity contribution in [3.63, 3.8) is 0 Å². The van der Waals surface area contributed by atoms with Gasteiger partial charge in [-0.25, -0.2) is 9.97 Å². The Bertz CT molecular complexity index is 937. The van der Waals surface area contributed by atoms with Crippen molar-refractivity contribution in [2.45, 2.75) is 31.7 Å². The predicted molar refractivity (Wildman–Crippen MR) is 122 cm³/mol. The maximum absolute atomic E-state index is 7.83. The maximum atomic E-state index is 7.83. The number of nitrogens with one attached hydrogen (secondary N) is 4. The third-order valence-corrected chi connectivity index (χ3v) is 5.98. The van der Waals surface area contributed by atoms with Crippen molar-refractivity contribution < 1.29 is 0 Å². The Labute approximate surface area is 178 Å².